The molecule has 2 N–H and O–H groups in total. The van der Waals surface area contributed by atoms with E-state index in [1.165, 1.54) is 44.2 Å². The van der Waals surface area contributed by atoms with Crippen molar-refractivity contribution in [1.29, 1.82) is 0 Å². The molecule has 34 heavy (non-hydrogen) atoms. The van der Waals surface area contributed by atoms with Gasteiger partial charge in [0.15, 0.2) is 0 Å². The maximum Gasteiger partial charge on any atom is 0.239 e. The van der Waals surface area contributed by atoms with E-state index in [4.69, 9.17) is 10.5 Å². The number of carbonyl (C=O) groups excluding carboxylic acids is 1. The minimum atomic E-state index is -0.366. The van der Waals surface area contributed by atoms with E-state index in [1.54, 1.807) is 0 Å². The highest BCUT2D eigenvalue weighted by molar-refractivity contribution is 5.81. The van der Waals surface area contributed by atoms with Gasteiger partial charge in [0.2, 0.25) is 5.91 Å². The molecule has 1 atom stereocenters. The second kappa shape index (κ2) is 13.4. The largest absolute Gasteiger partial charge is 0.493 e. The second-order valence-corrected chi connectivity index (χ2v) is 11.5. The van der Waals surface area contributed by atoms with Crippen LogP contribution in [0.15, 0.2) is 24.3 Å². The number of carbonyl (C=O) groups is 1. The molecule has 0 aromatic heterocycles. The summed E-state index contributed by atoms with van der Waals surface area (Å²) in [7, 11) is 0. The number of amides is 1. The number of piperidine rings is 1. The Morgan fingerprint density at radius 3 is 2.24 bits per heavy atom. The van der Waals surface area contributed by atoms with E-state index < -0.39 is 0 Å². The number of benzene rings is 1. The van der Waals surface area contributed by atoms with Crippen LogP contribution in [0.5, 0.6) is 5.75 Å². The lowest BCUT2D eigenvalue weighted by Gasteiger charge is -2.41. The molecule has 0 spiro atoms. The Labute approximate surface area is 208 Å². The number of nitrogens with two attached hydrogens (primary N) is 1. The number of rotatable bonds is 11. The van der Waals surface area contributed by atoms with Crippen LogP contribution in [0.3, 0.4) is 0 Å². The van der Waals surface area contributed by atoms with Gasteiger partial charge in [-0.2, -0.15) is 0 Å². The zero-order chi connectivity index (χ0) is 24.5. The van der Waals surface area contributed by atoms with Crippen molar-refractivity contribution in [3.05, 3.63) is 24.3 Å². The molecular formula is C29H49N3O2. The zero-order valence-corrected chi connectivity index (χ0v) is 22.2. The van der Waals surface area contributed by atoms with Gasteiger partial charge in [-0.3, -0.25) is 4.79 Å². The number of likely N-dealkylation sites (tertiary alicyclic amines) is 1. The first kappa shape index (κ1) is 26.8. The van der Waals surface area contributed by atoms with Gasteiger partial charge in [0.25, 0.3) is 0 Å². The van der Waals surface area contributed by atoms with E-state index in [1.807, 2.05) is 4.90 Å². The lowest BCUT2D eigenvalue weighted by atomic mass is 9.90. The molecule has 1 unspecified atom stereocenters. The summed E-state index contributed by atoms with van der Waals surface area (Å²) in [6.07, 6.45) is 10.6. The minimum Gasteiger partial charge on any atom is -0.493 e. The number of hydrogen-bond donors (Lipinski definition) is 1. The highest BCUT2D eigenvalue weighted by Gasteiger charge is 2.29. The van der Waals surface area contributed by atoms with Crippen molar-refractivity contribution in [3.8, 4) is 5.75 Å². The van der Waals surface area contributed by atoms with Crippen molar-refractivity contribution >= 4 is 11.6 Å². The predicted octanol–water partition coefficient (Wildman–Crippen LogP) is 5.86. The van der Waals surface area contributed by atoms with E-state index in [0.29, 0.717) is 17.9 Å². The fourth-order valence-corrected chi connectivity index (χ4v) is 5.46. The van der Waals surface area contributed by atoms with Crippen LogP contribution in [0.1, 0.15) is 85.5 Å². The van der Waals surface area contributed by atoms with Crippen molar-refractivity contribution in [2.24, 2.45) is 23.5 Å². The number of nitrogens with zero attached hydrogens (tertiary/aromatic N) is 2. The molecule has 192 valence electrons. The van der Waals surface area contributed by atoms with Gasteiger partial charge in [-0.25, -0.2) is 0 Å². The number of hydrogen-bond acceptors (Lipinski definition) is 4. The standard InChI is InChI=1S/C29H49N3O2/c1-22(2)14-19-32(26-15-17-31(18-16-26)29(33)28(30)20-23(3)4)25-10-12-27(13-11-25)34-21-24-8-6-5-7-9-24/h10-13,22-24,26,28H,5-9,14-21,30H2,1-4H3. The Hall–Kier alpha value is -1.75. The first-order chi connectivity index (χ1) is 16.3. The number of ether oxygens (including phenoxy) is 1. The fraction of sp³-hybridized carbons (Fsp3) is 0.759. The van der Waals surface area contributed by atoms with E-state index in [9.17, 15) is 4.79 Å². The Balaban J connectivity index is 1.58. The molecule has 3 rings (SSSR count). The maximum atomic E-state index is 12.8. The third-order valence-corrected chi connectivity index (χ3v) is 7.59. The molecule has 1 saturated carbocycles. The predicted molar refractivity (Wildman–Crippen MR) is 142 cm³/mol. The summed E-state index contributed by atoms with van der Waals surface area (Å²) in [5, 5.41) is 0. The van der Waals surface area contributed by atoms with Crippen LogP contribution in [0.25, 0.3) is 0 Å². The summed E-state index contributed by atoms with van der Waals surface area (Å²) in [5.41, 5.74) is 7.46. The minimum absolute atomic E-state index is 0.125. The van der Waals surface area contributed by atoms with Crippen LogP contribution in [0.4, 0.5) is 5.69 Å². The quantitative estimate of drug-likeness (QED) is 0.439. The van der Waals surface area contributed by atoms with Gasteiger partial charge < -0.3 is 20.3 Å². The molecule has 2 aliphatic rings. The Morgan fingerprint density at radius 1 is 1.00 bits per heavy atom. The lowest BCUT2D eigenvalue weighted by molar-refractivity contribution is -0.134. The molecule has 5 nitrogen and oxygen atoms in total. The van der Waals surface area contributed by atoms with Crippen LogP contribution >= 0.6 is 0 Å². The zero-order valence-electron chi connectivity index (χ0n) is 22.2. The van der Waals surface area contributed by atoms with E-state index in [0.717, 1.165) is 57.2 Å². The first-order valence-electron chi connectivity index (χ1n) is 13.9. The van der Waals surface area contributed by atoms with Crippen molar-refractivity contribution in [2.75, 3.05) is 31.1 Å². The van der Waals surface area contributed by atoms with Gasteiger partial charge in [-0.15, -0.1) is 0 Å². The molecule has 0 bridgehead atoms. The molecule has 1 aliphatic heterocycles. The molecular weight excluding hydrogens is 422 g/mol. The van der Waals surface area contributed by atoms with Gasteiger partial charge >= 0.3 is 0 Å². The van der Waals surface area contributed by atoms with Gasteiger partial charge in [0.1, 0.15) is 5.75 Å². The Morgan fingerprint density at radius 2 is 1.65 bits per heavy atom. The van der Waals surface area contributed by atoms with Gasteiger partial charge in [-0.1, -0.05) is 47.0 Å². The van der Waals surface area contributed by atoms with E-state index in [2.05, 4.69) is 56.9 Å². The van der Waals surface area contributed by atoms with Gasteiger partial charge in [0, 0.05) is 31.4 Å². The monoisotopic (exact) mass is 471 g/mol. The molecule has 5 heteroatoms. The third kappa shape index (κ3) is 8.18. The van der Waals surface area contributed by atoms with Crippen molar-refractivity contribution < 1.29 is 9.53 Å². The van der Waals surface area contributed by atoms with Crippen molar-refractivity contribution in [2.45, 2.75) is 97.6 Å². The molecule has 2 fully saturated rings. The van der Waals surface area contributed by atoms with Crippen molar-refractivity contribution in [3.63, 3.8) is 0 Å². The Kier molecular flexibility index (Phi) is 10.6. The maximum absolute atomic E-state index is 12.8. The summed E-state index contributed by atoms with van der Waals surface area (Å²) >= 11 is 0. The average Bonchev–Trinajstić information content (AvgIpc) is 2.83. The topological polar surface area (TPSA) is 58.8 Å². The SMILES string of the molecule is CC(C)CCN(c1ccc(OCC2CCCCC2)cc1)C1CCN(C(=O)C(N)CC(C)C)CC1. The molecule has 1 aromatic rings. The van der Waals surface area contributed by atoms with Gasteiger partial charge in [0.05, 0.1) is 12.6 Å². The second-order valence-electron chi connectivity index (χ2n) is 11.5. The molecule has 1 aliphatic carbocycles. The van der Waals surface area contributed by atoms with E-state index >= 15 is 0 Å². The first-order valence-corrected chi connectivity index (χ1v) is 13.9. The molecule has 1 aromatic carbocycles. The summed E-state index contributed by atoms with van der Waals surface area (Å²) < 4.78 is 6.14. The normalized spacial score (nSPS) is 19.0. The lowest BCUT2D eigenvalue weighted by Crippen LogP contribution is -2.51. The van der Waals surface area contributed by atoms with Crippen LogP contribution in [-0.4, -0.2) is 49.1 Å². The highest BCUT2D eigenvalue weighted by Crippen LogP contribution is 2.29. The summed E-state index contributed by atoms with van der Waals surface area (Å²) in [6.45, 7) is 12.3. The van der Waals surface area contributed by atoms with Crippen molar-refractivity contribution in [1.82, 2.24) is 4.90 Å². The summed E-state index contributed by atoms with van der Waals surface area (Å²) in [4.78, 5) is 17.3. The highest BCUT2D eigenvalue weighted by atomic mass is 16.5. The third-order valence-electron chi connectivity index (χ3n) is 7.59. The number of anilines is 1. The van der Waals surface area contributed by atoms with Crippen LogP contribution in [0.2, 0.25) is 0 Å². The smallest absolute Gasteiger partial charge is 0.239 e. The van der Waals surface area contributed by atoms with E-state index in [-0.39, 0.29) is 11.9 Å². The molecule has 0 radical (unpaired) electrons. The fourth-order valence-electron chi connectivity index (χ4n) is 5.46. The van der Waals surface area contributed by atoms with Crippen LogP contribution < -0.4 is 15.4 Å². The average molecular weight is 472 g/mol. The summed E-state index contributed by atoms with van der Waals surface area (Å²) in [6, 6.07) is 8.83. The molecule has 1 saturated heterocycles. The molecule has 1 heterocycles. The Bertz CT molecular complexity index is 719. The molecule has 1 amide bonds. The summed E-state index contributed by atoms with van der Waals surface area (Å²) in [5.74, 6) is 2.93. The van der Waals surface area contributed by atoms with Gasteiger partial charge in [-0.05, 0) is 80.5 Å². The van der Waals surface area contributed by atoms with Crippen LogP contribution in [-0.2, 0) is 4.79 Å². The van der Waals surface area contributed by atoms with Crippen LogP contribution in [0, 0.1) is 17.8 Å².